The van der Waals surface area contributed by atoms with E-state index in [1.165, 1.54) is 0 Å². The van der Waals surface area contributed by atoms with Crippen LogP contribution < -0.4 is 5.32 Å². The summed E-state index contributed by atoms with van der Waals surface area (Å²) in [4.78, 5) is 18.6. The second-order valence-corrected chi connectivity index (χ2v) is 6.31. The van der Waals surface area contributed by atoms with E-state index in [1.807, 2.05) is 46.8 Å². The van der Waals surface area contributed by atoms with Gasteiger partial charge >= 0.3 is 0 Å². The number of hydrogen-bond donors (Lipinski definition) is 1. The maximum atomic E-state index is 12.4. The second kappa shape index (κ2) is 7.15. The van der Waals surface area contributed by atoms with E-state index in [4.69, 9.17) is 11.6 Å². The summed E-state index contributed by atoms with van der Waals surface area (Å²) in [6.07, 6.45) is 3.10. The molecular formula is C17H21ClN4O. The van der Waals surface area contributed by atoms with E-state index in [0.29, 0.717) is 24.2 Å². The second-order valence-electron chi connectivity index (χ2n) is 5.92. The zero-order chi connectivity index (χ0) is 16.2. The zero-order valence-electron chi connectivity index (χ0n) is 13.2. The summed E-state index contributed by atoms with van der Waals surface area (Å²) >= 11 is 5.99. The van der Waals surface area contributed by atoms with Gasteiger partial charge in [-0.1, -0.05) is 41.9 Å². The lowest BCUT2D eigenvalue weighted by Crippen LogP contribution is -2.36. The van der Waals surface area contributed by atoms with Crippen LogP contribution in [0.3, 0.4) is 0 Å². The first-order chi connectivity index (χ1) is 11.1. The van der Waals surface area contributed by atoms with E-state index in [0.717, 1.165) is 30.9 Å². The molecule has 122 valence electrons. The minimum Gasteiger partial charge on any atom is -0.341 e. The van der Waals surface area contributed by atoms with Gasteiger partial charge in [0.1, 0.15) is 11.0 Å². The standard InChI is InChI=1S/C17H21ClN4O/c1-21-15(18)10-20-16(21)11-19-14-7-8-22(12-14)17(23)9-13-5-3-2-4-6-13/h2-6,10,14,19H,7-9,11-12H2,1H3. The molecule has 1 aromatic carbocycles. The van der Waals surface area contributed by atoms with Crippen LogP contribution in [-0.4, -0.2) is 39.5 Å². The molecule has 3 rings (SSSR count). The van der Waals surface area contributed by atoms with Crippen LogP contribution in [0.4, 0.5) is 0 Å². The average molecular weight is 333 g/mol. The molecule has 5 nitrogen and oxygen atoms in total. The van der Waals surface area contributed by atoms with Gasteiger partial charge in [-0.15, -0.1) is 0 Å². The molecule has 2 heterocycles. The number of imidazole rings is 1. The first-order valence-corrected chi connectivity index (χ1v) is 8.22. The van der Waals surface area contributed by atoms with Crippen LogP contribution in [0, 0.1) is 0 Å². The van der Waals surface area contributed by atoms with E-state index < -0.39 is 0 Å². The van der Waals surface area contributed by atoms with Gasteiger partial charge in [0, 0.05) is 26.2 Å². The topological polar surface area (TPSA) is 50.2 Å². The van der Waals surface area contributed by atoms with Crippen molar-refractivity contribution < 1.29 is 4.79 Å². The molecule has 6 heteroatoms. The number of benzene rings is 1. The van der Waals surface area contributed by atoms with Crippen molar-refractivity contribution in [3.8, 4) is 0 Å². The van der Waals surface area contributed by atoms with Crippen LogP contribution in [0.25, 0.3) is 0 Å². The maximum Gasteiger partial charge on any atom is 0.227 e. The third-order valence-electron chi connectivity index (χ3n) is 4.32. The van der Waals surface area contributed by atoms with Crippen molar-refractivity contribution in [2.24, 2.45) is 7.05 Å². The van der Waals surface area contributed by atoms with Crippen LogP contribution in [0.2, 0.25) is 5.15 Å². The smallest absolute Gasteiger partial charge is 0.227 e. The summed E-state index contributed by atoms with van der Waals surface area (Å²) < 4.78 is 1.86. The minimum atomic E-state index is 0.195. The van der Waals surface area contributed by atoms with Crippen molar-refractivity contribution >= 4 is 17.5 Å². The van der Waals surface area contributed by atoms with Crippen LogP contribution in [0.1, 0.15) is 17.8 Å². The third-order valence-corrected chi connectivity index (χ3v) is 4.67. The van der Waals surface area contributed by atoms with E-state index in [-0.39, 0.29) is 5.91 Å². The van der Waals surface area contributed by atoms with E-state index >= 15 is 0 Å². The van der Waals surface area contributed by atoms with Crippen molar-refractivity contribution in [3.63, 3.8) is 0 Å². The Morgan fingerprint density at radius 2 is 2.17 bits per heavy atom. The Bertz CT molecular complexity index is 670. The molecular weight excluding hydrogens is 312 g/mol. The fourth-order valence-corrected chi connectivity index (χ4v) is 3.01. The van der Waals surface area contributed by atoms with Crippen LogP contribution in [0.5, 0.6) is 0 Å². The number of likely N-dealkylation sites (tertiary alicyclic amines) is 1. The fraction of sp³-hybridized carbons (Fsp3) is 0.412. The predicted molar refractivity (Wildman–Crippen MR) is 90.2 cm³/mol. The molecule has 1 aliphatic heterocycles. The Morgan fingerprint density at radius 3 is 2.87 bits per heavy atom. The molecule has 1 fully saturated rings. The highest BCUT2D eigenvalue weighted by molar-refractivity contribution is 6.29. The molecule has 0 spiro atoms. The number of nitrogens with one attached hydrogen (secondary N) is 1. The summed E-state index contributed by atoms with van der Waals surface area (Å²) in [7, 11) is 1.90. The summed E-state index contributed by atoms with van der Waals surface area (Å²) in [5, 5.41) is 4.10. The molecule has 0 radical (unpaired) electrons. The van der Waals surface area contributed by atoms with Gasteiger partial charge in [0.25, 0.3) is 0 Å². The number of hydrogen-bond acceptors (Lipinski definition) is 3. The van der Waals surface area contributed by atoms with Gasteiger partial charge in [-0.25, -0.2) is 4.98 Å². The molecule has 1 N–H and O–H groups in total. The third kappa shape index (κ3) is 3.92. The van der Waals surface area contributed by atoms with Gasteiger partial charge in [-0.3, -0.25) is 4.79 Å². The summed E-state index contributed by atoms with van der Waals surface area (Å²) in [6, 6.07) is 10.2. The number of nitrogens with zero attached hydrogens (tertiary/aromatic N) is 3. The van der Waals surface area contributed by atoms with Crippen molar-refractivity contribution in [2.45, 2.75) is 25.4 Å². The number of halogens is 1. The van der Waals surface area contributed by atoms with E-state index in [9.17, 15) is 4.79 Å². The lowest BCUT2D eigenvalue weighted by atomic mass is 10.1. The van der Waals surface area contributed by atoms with Gasteiger partial charge < -0.3 is 14.8 Å². The fourth-order valence-electron chi connectivity index (χ4n) is 2.86. The molecule has 1 saturated heterocycles. The van der Waals surface area contributed by atoms with Gasteiger partial charge in [0.2, 0.25) is 5.91 Å². The summed E-state index contributed by atoms with van der Waals surface area (Å²) in [5.41, 5.74) is 1.07. The summed E-state index contributed by atoms with van der Waals surface area (Å²) in [6.45, 7) is 2.23. The first kappa shape index (κ1) is 16.0. The molecule has 1 amide bonds. The molecule has 0 aliphatic carbocycles. The number of carbonyl (C=O) groups excluding carboxylic acids is 1. The highest BCUT2D eigenvalue weighted by atomic mass is 35.5. The van der Waals surface area contributed by atoms with Crippen LogP contribution in [0.15, 0.2) is 36.5 Å². The Hall–Kier alpha value is -1.85. The Labute approximate surface area is 141 Å². The molecule has 1 unspecified atom stereocenters. The Morgan fingerprint density at radius 1 is 1.39 bits per heavy atom. The number of amides is 1. The van der Waals surface area contributed by atoms with Crippen molar-refractivity contribution in [2.75, 3.05) is 13.1 Å². The first-order valence-electron chi connectivity index (χ1n) is 7.84. The Balaban J connectivity index is 1.48. The lowest BCUT2D eigenvalue weighted by Gasteiger charge is -2.17. The van der Waals surface area contributed by atoms with Crippen molar-refractivity contribution in [1.82, 2.24) is 19.8 Å². The Kier molecular flexibility index (Phi) is 4.98. The normalized spacial score (nSPS) is 17.7. The lowest BCUT2D eigenvalue weighted by molar-refractivity contribution is -0.129. The average Bonchev–Trinajstić information content (AvgIpc) is 3.15. The predicted octanol–water partition coefficient (Wildman–Crippen LogP) is 2.01. The highest BCUT2D eigenvalue weighted by Gasteiger charge is 2.26. The van der Waals surface area contributed by atoms with E-state index in [2.05, 4.69) is 10.3 Å². The molecule has 0 bridgehead atoms. The largest absolute Gasteiger partial charge is 0.341 e. The van der Waals surface area contributed by atoms with Gasteiger partial charge in [0.15, 0.2) is 0 Å². The number of rotatable bonds is 5. The molecule has 2 aromatic rings. The maximum absolute atomic E-state index is 12.4. The number of aromatic nitrogens is 2. The molecule has 0 saturated carbocycles. The summed E-state index contributed by atoms with van der Waals surface area (Å²) in [5.74, 6) is 1.10. The van der Waals surface area contributed by atoms with E-state index in [1.54, 1.807) is 6.20 Å². The molecule has 23 heavy (non-hydrogen) atoms. The molecule has 1 aromatic heterocycles. The van der Waals surface area contributed by atoms with Gasteiger partial charge in [0.05, 0.1) is 19.2 Å². The monoisotopic (exact) mass is 332 g/mol. The van der Waals surface area contributed by atoms with Gasteiger partial charge in [-0.05, 0) is 12.0 Å². The number of carbonyl (C=O) groups is 1. The van der Waals surface area contributed by atoms with Crippen molar-refractivity contribution in [1.29, 1.82) is 0 Å². The SMILES string of the molecule is Cn1c(Cl)cnc1CNC1CCN(C(=O)Cc2ccccc2)C1. The molecule has 1 atom stereocenters. The zero-order valence-corrected chi connectivity index (χ0v) is 14.0. The van der Waals surface area contributed by atoms with Gasteiger partial charge in [-0.2, -0.15) is 0 Å². The van der Waals surface area contributed by atoms with Crippen LogP contribution >= 0.6 is 11.6 Å². The minimum absolute atomic E-state index is 0.195. The van der Waals surface area contributed by atoms with Crippen molar-refractivity contribution in [3.05, 3.63) is 53.1 Å². The highest BCUT2D eigenvalue weighted by Crippen LogP contribution is 2.13. The molecule has 1 aliphatic rings. The van der Waals surface area contributed by atoms with Crippen LogP contribution in [-0.2, 0) is 24.8 Å². The quantitative estimate of drug-likeness (QED) is 0.911.